The minimum atomic E-state index is 0.789. The van der Waals surface area contributed by atoms with E-state index in [4.69, 9.17) is 0 Å². The van der Waals surface area contributed by atoms with Gasteiger partial charge in [-0.05, 0) is 37.8 Å². The van der Waals surface area contributed by atoms with Crippen molar-refractivity contribution in [3.8, 4) is 6.07 Å². The third-order valence-electron chi connectivity index (χ3n) is 3.10. The molecular weight excluding hydrogens is 254 g/mol. The van der Waals surface area contributed by atoms with E-state index in [0.29, 0.717) is 0 Å². The van der Waals surface area contributed by atoms with Crippen molar-refractivity contribution in [3.05, 3.63) is 29.3 Å². The standard InChI is InChI=1S/C15H23N3S/c1-4-18(5-2)8-9-19-15-7-6-13(12-17-3)10-14(15)11-16/h6-7,10,17H,4-5,8-9,12H2,1-3H3. The van der Waals surface area contributed by atoms with Crippen LogP contribution in [-0.4, -0.2) is 37.3 Å². The van der Waals surface area contributed by atoms with Gasteiger partial charge in [-0.15, -0.1) is 11.8 Å². The first-order valence-corrected chi connectivity index (χ1v) is 7.76. The van der Waals surface area contributed by atoms with Crippen LogP contribution in [0.4, 0.5) is 0 Å². The average molecular weight is 277 g/mol. The second-order valence-electron chi connectivity index (χ2n) is 4.35. The van der Waals surface area contributed by atoms with Crippen molar-refractivity contribution in [2.45, 2.75) is 25.3 Å². The van der Waals surface area contributed by atoms with Crippen LogP contribution in [0.3, 0.4) is 0 Å². The molecule has 0 aliphatic carbocycles. The summed E-state index contributed by atoms with van der Waals surface area (Å²) in [5.41, 5.74) is 1.95. The van der Waals surface area contributed by atoms with Gasteiger partial charge in [0.15, 0.2) is 0 Å². The Labute approximate surface area is 121 Å². The number of nitrogens with one attached hydrogen (secondary N) is 1. The van der Waals surface area contributed by atoms with Crippen molar-refractivity contribution >= 4 is 11.8 Å². The molecule has 0 atom stereocenters. The summed E-state index contributed by atoms with van der Waals surface area (Å²) in [6.07, 6.45) is 0. The fourth-order valence-corrected chi connectivity index (χ4v) is 2.92. The quantitative estimate of drug-likeness (QED) is 0.742. The number of hydrogen-bond donors (Lipinski definition) is 1. The molecule has 4 heteroatoms. The largest absolute Gasteiger partial charge is 0.316 e. The minimum Gasteiger partial charge on any atom is -0.316 e. The third-order valence-corrected chi connectivity index (χ3v) is 4.16. The maximum absolute atomic E-state index is 9.22. The Morgan fingerprint density at radius 1 is 1.32 bits per heavy atom. The van der Waals surface area contributed by atoms with E-state index in [1.54, 1.807) is 11.8 Å². The third kappa shape index (κ3) is 5.23. The van der Waals surface area contributed by atoms with E-state index in [9.17, 15) is 5.26 Å². The molecule has 0 radical (unpaired) electrons. The van der Waals surface area contributed by atoms with Gasteiger partial charge in [0.25, 0.3) is 0 Å². The Bertz CT molecular complexity index is 422. The molecule has 104 valence electrons. The van der Waals surface area contributed by atoms with E-state index < -0.39 is 0 Å². The Balaban J connectivity index is 2.61. The Kier molecular flexibility index (Phi) is 7.57. The van der Waals surface area contributed by atoms with Crippen LogP contribution in [0.1, 0.15) is 25.0 Å². The lowest BCUT2D eigenvalue weighted by atomic mass is 10.1. The maximum Gasteiger partial charge on any atom is 0.100 e. The van der Waals surface area contributed by atoms with Gasteiger partial charge in [0.1, 0.15) is 6.07 Å². The summed E-state index contributed by atoms with van der Waals surface area (Å²) in [6.45, 7) is 8.41. The zero-order valence-corrected chi connectivity index (χ0v) is 12.9. The zero-order chi connectivity index (χ0) is 14.1. The highest BCUT2D eigenvalue weighted by molar-refractivity contribution is 7.99. The van der Waals surface area contributed by atoms with Gasteiger partial charge in [-0.2, -0.15) is 5.26 Å². The van der Waals surface area contributed by atoms with E-state index in [2.05, 4.69) is 42.3 Å². The summed E-state index contributed by atoms with van der Waals surface area (Å²) in [5.74, 6) is 1.03. The van der Waals surface area contributed by atoms with Crippen LogP contribution in [-0.2, 0) is 6.54 Å². The normalized spacial score (nSPS) is 10.7. The van der Waals surface area contributed by atoms with E-state index in [0.717, 1.165) is 48.0 Å². The molecule has 1 N–H and O–H groups in total. The molecule has 1 rings (SSSR count). The summed E-state index contributed by atoms with van der Waals surface area (Å²) in [7, 11) is 1.92. The van der Waals surface area contributed by atoms with Crippen LogP contribution < -0.4 is 5.32 Å². The highest BCUT2D eigenvalue weighted by atomic mass is 32.2. The number of nitriles is 1. The molecule has 0 saturated heterocycles. The molecule has 0 amide bonds. The van der Waals surface area contributed by atoms with E-state index in [-0.39, 0.29) is 0 Å². The average Bonchev–Trinajstić information content (AvgIpc) is 2.45. The van der Waals surface area contributed by atoms with Crippen LogP contribution in [0.2, 0.25) is 0 Å². The van der Waals surface area contributed by atoms with Crippen molar-refractivity contribution in [2.24, 2.45) is 0 Å². The van der Waals surface area contributed by atoms with Crippen molar-refractivity contribution < 1.29 is 0 Å². The second-order valence-corrected chi connectivity index (χ2v) is 5.48. The summed E-state index contributed by atoms with van der Waals surface area (Å²) in [4.78, 5) is 3.49. The zero-order valence-electron chi connectivity index (χ0n) is 12.1. The van der Waals surface area contributed by atoms with Crippen LogP contribution in [0.15, 0.2) is 23.1 Å². The molecular formula is C15H23N3S. The smallest absolute Gasteiger partial charge is 0.100 e. The van der Waals surface area contributed by atoms with Crippen LogP contribution in [0.5, 0.6) is 0 Å². The molecule has 1 aromatic rings. The molecule has 0 saturated carbocycles. The van der Waals surface area contributed by atoms with E-state index in [1.807, 2.05) is 13.1 Å². The van der Waals surface area contributed by atoms with Gasteiger partial charge in [-0.3, -0.25) is 0 Å². The van der Waals surface area contributed by atoms with Gasteiger partial charge in [-0.25, -0.2) is 0 Å². The molecule has 0 aliphatic heterocycles. The summed E-state index contributed by atoms with van der Waals surface area (Å²) in [5, 5.41) is 12.3. The SMILES string of the molecule is CCN(CC)CCSc1ccc(CNC)cc1C#N. The molecule has 3 nitrogen and oxygen atoms in total. The molecule has 0 bridgehead atoms. The van der Waals surface area contributed by atoms with Crippen LogP contribution in [0, 0.1) is 11.3 Å². The molecule has 0 aliphatic rings. The Morgan fingerprint density at radius 2 is 2.05 bits per heavy atom. The van der Waals surface area contributed by atoms with Gasteiger partial charge in [0.2, 0.25) is 0 Å². The predicted octanol–water partition coefficient (Wildman–Crippen LogP) is 2.71. The van der Waals surface area contributed by atoms with Gasteiger partial charge >= 0.3 is 0 Å². The lowest BCUT2D eigenvalue weighted by Crippen LogP contribution is -2.25. The molecule has 0 spiro atoms. The minimum absolute atomic E-state index is 0.789. The van der Waals surface area contributed by atoms with Crippen molar-refractivity contribution in [3.63, 3.8) is 0 Å². The molecule has 0 unspecified atom stereocenters. The first kappa shape index (κ1) is 16.0. The van der Waals surface area contributed by atoms with Crippen molar-refractivity contribution in [1.82, 2.24) is 10.2 Å². The van der Waals surface area contributed by atoms with Crippen molar-refractivity contribution in [2.75, 3.05) is 32.4 Å². The highest BCUT2D eigenvalue weighted by Crippen LogP contribution is 2.23. The van der Waals surface area contributed by atoms with Gasteiger partial charge in [0.05, 0.1) is 5.56 Å². The topological polar surface area (TPSA) is 39.1 Å². The van der Waals surface area contributed by atoms with Gasteiger partial charge in [0, 0.05) is 23.7 Å². The second kappa shape index (κ2) is 8.98. The van der Waals surface area contributed by atoms with Crippen LogP contribution >= 0.6 is 11.8 Å². The van der Waals surface area contributed by atoms with Crippen molar-refractivity contribution in [1.29, 1.82) is 5.26 Å². The fourth-order valence-electron chi connectivity index (χ4n) is 1.93. The fraction of sp³-hybridized carbons (Fsp3) is 0.533. The lowest BCUT2D eigenvalue weighted by molar-refractivity contribution is 0.324. The number of nitrogens with zero attached hydrogens (tertiary/aromatic N) is 2. The molecule has 1 aromatic carbocycles. The maximum atomic E-state index is 9.22. The van der Waals surface area contributed by atoms with Crippen LogP contribution in [0.25, 0.3) is 0 Å². The Morgan fingerprint density at radius 3 is 2.63 bits per heavy atom. The highest BCUT2D eigenvalue weighted by Gasteiger charge is 2.05. The molecule has 0 aromatic heterocycles. The summed E-state index contributed by atoms with van der Waals surface area (Å²) in [6, 6.07) is 8.44. The first-order valence-electron chi connectivity index (χ1n) is 6.77. The number of hydrogen-bond acceptors (Lipinski definition) is 4. The predicted molar refractivity (Wildman–Crippen MR) is 82.4 cm³/mol. The molecule has 19 heavy (non-hydrogen) atoms. The van der Waals surface area contributed by atoms with E-state index >= 15 is 0 Å². The summed E-state index contributed by atoms with van der Waals surface area (Å²) < 4.78 is 0. The van der Waals surface area contributed by atoms with Gasteiger partial charge in [-0.1, -0.05) is 19.9 Å². The lowest BCUT2D eigenvalue weighted by Gasteiger charge is -2.17. The molecule has 0 heterocycles. The first-order chi connectivity index (χ1) is 9.24. The van der Waals surface area contributed by atoms with Gasteiger partial charge < -0.3 is 10.2 Å². The van der Waals surface area contributed by atoms with E-state index in [1.165, 1.54) is 0 Å². The monoisotopic (exact) mass is 277 g/mol. The Hall–Kier alpha value is -1.02. The number of rotatable bonds is 8. The summed E-state index contributed by atoms with van der Waals surface area (Å²) >= 11 is 1.77. The number of benzene rings is 1. The molecule has 0 fully saturated rings. The number of thioether (sulfide) groups is 1.